The summed E-state index contributed by atoms with van der Waals surface area (Å²) in [5.41, 5.74) is 7.49. The average Bonchev–Trinajstić information content (AvgIpc) is 3.09. The Labute approximate surface area is 141 Å². The normalized spacial score (nSPS) is 18.6. The number of benzene rings is 1. The third-order valence-electron chi connectivity index (χ3n) is 4.68. The van der Waals surface area contributed by atoms with Crippen LogP contribution in [0.2, 0.25) is 0 Å². The molecule has 4 rings (SSSR count). The second kappa shape index (κ2) is 6.16. The van der Waals surface area contributed by atoms with Crippen molar-refractivity contribution in [1.29, 1.82) is 0 Å². The fourth-order valence-corrected chi connectivity index (χ4v) is 3.19. The Morgan fingerprint density at radius 2 is 1.75 bits per heavy atom. The maximum Gasteiger partial charge on any atom is 0.231 e. The second-order valence-corrected chi connectivity index (χ2v) is 6.13. The van der Waals surface area contributed by atoms with E-state index in [0.29, 0.717) is 18.5 Å². The Kier molecular flexibility index (Phi) is 3.86. The van der Waals surface area contributed by atoms with E-state index in [9.17, 15) is 0 Å². The standard InChI is InChI=1S/C17H21N5O2/c1-12(13-2-3-15-16(8-13)24-11-23-15)21-4-6-22(7-5-21)17-19-9-14(18)10-20-17/h2-3,8-10,12H,4-7,11,18H2,1H3/t12-/m0/s1. The van der Waals surface area contributed by atoms with E-state index >= 15 is 0 Å². The monoisotopic (exact) mass is 327 g/mol. The number of ether oxygens (including phenoxy) is 2. The van der Waals surface area contributed by atoms with Gasteiger partial charge in [-0.2, -0.15) is 0 Å². The number of hydrogen-bond acceptors (Lipinski definition) is 7. The summed E-state index contributed by atoms with van der Waals surface area (Å²) in [4.78, 5) is 13.3. The van der Waals surface area contributed by atoms with E-state index in [4.69, 9.17) is 15.2 Å². The Balaban J connectivity index is 1.41. The molecule has 0 radical (unpaired) electrons. The molecular formula is C17H21N5O2. The van der Waals surface area contributed by atoms with Crippen molar-refractivity contribution in [3.63, 3.8) is 0 Å². The number of hydrogen-bond donors (Lipinski definition) is 1. The molecule has 0 bridgehead atoms. The molecule has 2 aliphatic heterocycles. The minimum Gasteiger partial charge on any atom is -0.454 e. The Hall–Kier alpha value is -2.54. The number of rotatable bonds is 3. The maximum atomic E-state index is 5.65. The quantitative estimate of drug-likeness (QED) is 0.919. The fourth-order valence-electron chi connectivity index (χ4n) is 3.19. The lowest BCUT2D eigenvalue weighted by Crippen LogP contribution is -2.47. The van der Waals surface area contributed by atoms with Gasteiger partial charge >= 0.3 is 0 Å². The lowest BCUT2D eigenvalue weighted by molar-refractivity contribution is 0.173. The van der Waals surface area contributed by atoms with Gasteiger partial charge in [0.05, 0.1) is 18.1 Å². The van der Waals surface area contributed by atoms with Crippen molar-refractivity contribution in [3.05, 3.63) is 36.2 Å². The van der Waals surface area contributed by atoms with Crippen molar-refractivity contribution < 1.29 is 9.47 Å². The first kappa shape index (κ1) is 15.0. The van der Waals surface area contributed by atoms with Gasteiger partial charge in [0, 0.05) is 32.2 Å². The molecule has 1 saturated heterocycles. The number of fused-ring (bicyclic) bond motifs is 1. The fraction of sp³-hybridized carbons (Fsp3) is 0.412. The van der Waals surface area contributed by atoms with Gasteiger partial charge in [-0.05, 0) is 24.6 Å². The maximum absolute atomic E-state index is 5.65. The molecule has 1 atom stereocenters. The third-order valence-corrected chi connectivity index (χ3v) is 4.68. The van der Waals surface area contributed by atoms with Gasteiger partial charge in [0.1, 0.15) is 0 Å². The van der Waals surface area contributed by atoms with Crippen LogP contribution in [-0.2, 0) is 0 Å². The molecule has 2 aliphatic rings. The van der Waals surface area contributed by atoms with Crippen LogP contribution in [0.1, 0.15) is 18.5 Å². The molecule has 7 nitrogen and oxygen atoms in total. The summed E-state index contributed by atoms with van der Waals surface area (Å²) in [6, 6.07) is 6.52. The van der Waals surface area contributed by atoms with Crippen molar-refractivity contribution in [3.8, 4) is 11.5 Å². The smallest absolute Gasteiger partial charge is 0.231 e. The Morgan fingerprint density at radius 3 is 2.50 bits per heavy atom. The predicted molar refractivity (Wildman–Crippen MR) is 91.2 cm³/mol. The SMILES string of the molecule is C[C@@H](c1ccc2c(c1)OCO2)N1CCN(c2ncc(N)cn2)CC1. The van der Waals surface area contributed by atoms with E-state index in [1.165, 1.54) is 5.56 Å². The molecule has 24 heavy (non-hydrogen) atoms. The molecule has 2 aromatic rings. The molecule has 1 fully saturated rings. The zero-order chi connectivity index (χ0) is 16.5. The van der Waals surface area contributed by atoms with Gasteiger partial charge < -0.3 is 20.1 Å². The van der Waals surface area contributed by atoms with Gasteiger partial charge in [0.15, 0.2) is 11.5 Å². The van der Waals surface area contributed by atoms with Crippen LogP contribution in [0.3, 0.4) is 0 Å². The number of nitrogens with zero attached hydrogens (tertiary/aromatic N) is 4. The van der Waals surface area contributed by atoms with Crippen molar-refractivity contribution in [1.82, 2.24) is 14.9 Å². The van der Waals surface area contributed by atoms with Crippen LogP contribution >= 0.6 is 0 Å². The van der Waals surface area contributed by atoms with Gasteiger partial charge in [0.2, 0.25) is 12.7 Å². The van der Waals surface area contributed by atoms with E-state index in [1.807, 2.05) is 6.07 Å². The zero-order valence-electron chi connectivity index (χ0n) is 13.7. The average molecular weight is 327 g/mol. The van der Waals surface area contributed by atoms with Crippen LogP contribution in [0, 0.1) is 0 Å². The van der Waals surface area contributed by atoms with Crippen molar-refractivity contribution in [2.45, 2.75) is 13.0 Å². The molecule has 0 saturated carbocycles. The molecule has 3 heterocycles. The highest BCUT2D eigenvalue weighted by Gasteiger charge is 2.24. The van der Waals surface area contributed by atoms with Crippen LogP contribution < -0.4 is 20.1 Å². The van der Waals surface area contributed by atoms with Crippen LogP contribution in [0.15, 0.2) is 30.6 Å². The van der Waals surface area contributed by atoms with Crippen LogP contribution in [0.4, 0.5) is 11.6 Å². The largest absolute Gasteiger partial charge is 0.454 e. The molecule has 0 spiro atoms. The first-order valence-corrected chi connectivity index (χ1v) is 8.17. The van der Waals surface area contributed by atoms with Gasteiger partial charge in [0.25, 0.3) is 0 Å². The van der Waals surface area contributed by atoms with Gasteiger partial charge in [-0.25, -0.2) is 9.97 Å². The van der Waals surface area contributed by atoms with Gasteiger partial charge in [-0.15, -0.1) is 0 Å². The Bertz CT molecular complexity index is 713. The van der Waals surface area contributed by atoms with E-state index < -0.39 is 0 Å². The highest BCUT2D eigenvalue weighted by Crippen LogP contribution is 2.35. The zero-order valence-corrected chi connectivity index (χ0v) is 13.7. The van der Waals surface area contributed by atoms with E-state index in [1.54, 1.807) is 12.4 Å². The Morgan fingerprint density at radius 1 is 1.04 bits per heavy atom. The topological polar surface area (TPSA) is 76.7 Å². The summed E-state index contributed by atoms with van der Waals surface area (Å²) in [7, 11) is 0. The van der Waals surface area contributed by atoms with Crippen LogP contribution in [0.5, 0.6) is 11.5 Å². The van der Waals surface area contributed by atoms with Crippen molar-refractivity contribution >= 4 is 11.6 Å². The molecule has 126 valence electrons. The lowest BCUT2D eigenvalue weighted by Gasteiger charge is -2.38. The summed E-state index contributed by atoms with van der Waals surface area (Å²) in [5.74, 6) is 2.42. The first-order chi connectivity index (χ1) is 11.7. The summed E-state index contributed by atoms with van der Waals surface area (Å²) >= 11 is 0. The number of piperazine rings is 1. The molecule has 1 aromatic carbocycles. The molecule has 0 aliphatic carbocycles. The number of nitrogen functional groups attached to an aromatic ring is 1. The molecule has 0 amide bonds. The summed E-state index contributed by atoms with van der Waals surface area (Å²) in [6.07, 6.45) is 3.31. The second-order valence-electron chi connectivity index (χ2n) is 6.13. The molecule has 1 aromatic heterocycles. The van der Waals surface area contributed by atoms with Crippen molar-refractivity contribution in [2.75, 3.05) is 43.6 Å². The number of nitrogens with two attached hydrogens (primary N) is 1. The molecule has 7 heteroatoms. The summed E-state index contributed by atoms with van der Waals surface area (Å²) in [5, 5.41) is 0. The van der Waals surface area contributed by atoms with Gasteiger partial charge in [-0.1, -0.05) is 6.07 Å². The summed E-state index contributed by atoms with van der Waals surface area (Å²) in [6.45, 7) is 6.27. The highest BCUT2D eigenvalue weighted by molar-refractivity contribution is 5.45. The minimum absolute atomic E-state index is 0.313. The molecule has 0 unspecified atom stereocenters. The van der Waals surface area contributed by atoms with Crippen molar-refractivity contribution in [2.24, 2.45) is 0 Å². The third kappa shape index (κ3) is 2.82. The highest BCUT2D eigenvalue weighted by atomic mass is 16.7. The van der Waals surface area contributed by atoms with E-state index in [2.05, 4.69) is 38.8 Å². The van der Waals surface area contributed by atoms with Gasteiger partial charge in [-0.3, -0.25) is 4.90 Å². The van der Waals surface area contributed by atoms with E-state index in [-0.39, 0.29) is 0 Å². The first-order valence-electron chi connectivity index (χ1n) is 8.17. The number of anilines is 2. The number of aromatic nitrogens is 2. The minimum atomic E-state index is 0.313. The van der Waals surface area contributed by atoms with E-state index in [0.717, 1.165) is 43.6 Å². The van der Waals surface area contributed by atoms with Crippen LogP contribution in [0.25, 0.3) is 0 Å². The van der Waals surface area contributed by atoms with Crippen LogP contribution in [-0.4, -0.2) is 47.8 Å². The lowest BCUT2D eigenvalue weighted by atomic mass is 10.1. The predicted octanol–water partition coefficient (Wildman–Crippen LogP) is 1.67. The summed E-state index contributed by atoms with van der Waals surface area (Å²) < 4.78 is 10.9. The molecule has 2 N–H and O–H groups in total. The molecular weight excluding hydrogens is 306 g/mol.